The van der Waals surface area contributed by atoms with Gasteiger partial charge in [0.05, 0.1) is 12.0 Å². The molecule has 0 bridgehead atoms. The molecule has 0 atom stereocenters. The molecule has 106 valence electrons. The maximum atomic E-state index is 11.4. The number of rotatable bonds is 5. The van der Waals surface area contributed by atoms with Crippen molar-refractivity contribution in [2.24, 2.45) is 0 Å². The van der Waals surface area contributed by atoms with E-state index >= 15 is 0 Å². The van der Waals surface area contributed by atoms with E-state index in [1.807, 2.05) is 24.3 Å². The molecule has 0 fully saturated rings. The highest BCUT2D eigenvalue weighted by Crippen LogP contribution is 2.19. The van der Waals surface area contributed by atoms with Gasteiger partial charge in [-0.1, -0.05) is 18.2 Å². The molecule has 1 N–H and O–H groups in total. The molecule has 2 aromatic rings. The molecule has 0 heterocycles. The fourth-order valence-electron chi connectivity index (χ4n) is 1.87. The zero-order valence-corrected chi connectivity index (χ0v) is 12.3. The molecule has 5 heteroatoms. The van der Waals surface area contributed by atoms with Crippen LogP contribution in [0.1, 0.15) is 5.56 Å². The van der Waals surface area contributed by atoms with E-state index in [0.29, 0.717) is 11.4 Å². The Hall–Kier alpha value is -2.01. The van der Waals surface area contributed by atoms with Gasteiger partial charge < -0.3 is 10.1 Å². The van der Waals surface area contributed by atoms with Crippen molar-refractivity contribution in [2.45, 2.75) is 11.4 Å². The van der Waals surface area contributed by atoms with Gasteiger partial charge in [0.15, 0.2) is 9.84 Å². The van der Waals surface area contributed by atoms with Gasteiger partial charge in [0.2, 0.25) is 0 Å². The van der Waals surface area contributed by atoms with E-state index in [-0.39, 0.29) is 0 Å². The van der Waals surface area contributed by atoms with Gasteiger partial charge in [-0.05, 0) is 30.3 Å². The van der Waals surface area contributed by atoms with Crippen molar-refractivity contribution in [3.05, 3.63) is 54.1 Å². The van der Waals surface area contributed by atoms with Crippen LogP contribution in [0.3, 0.4) is 0 Å². The van der Waals surface area contributed by atoms with E-state index in [1.165, 1.54) is 6.26 Å². The molecular weight excluding hydrogens is 274 g/mol. The Kier molecular flexibility index (Phi) is 4.29. The van der Waals surface area contributed by atoms with E-state index < -0.39 is 9.84 Å². The van der Waals surface area contributed by atoms with E-state index in [9.17, 15) is 8.42 Å². The molecule has 2 aromatic carbocycles. The Morgan fingerprint density at radius 1 is 1.05 bits per heavy atom. The molecule has 4 nitrogen and oxygen atoms in total. The maximum Gasteiger partial charge on any atom is 0.175 e. The molecule has 0 aliphatic carbocycles. The van der Waals surface area contributed by atoms with Crippen LogP contribution in [0.5, 0.6) is 5.75 Å². The van der Waals surface area contributed by atoms with Gasteiger partial charge in [-0.3, -0.25) is 0 Å². The van der Waals surface area contributed by atoms with Crippen LogP contribution in [0, 0.1) is 0 Å². The summed E-state index contributed by atoms with van der Waals surface area (Å²) in [6.45, 7) is 0.613. The first kappa shape index (κ1) is 14.4. The number of hydrogen-bond donors (Lipinski definition) is 1. The minimum absolute atomic E-state index is 0.320. The van der Waals surface area contributed by atoms with Crippen molar-refractivity contribution in [1.29, 1.82) is 0 Å². The van der Waals surface area contributed by atoms with Gasteiger partial charge in [0.25, 0.3) is 0 Å². The van der Waals surface area contributed by atoms with Gasteiger partial charge in [-0.25, -0.2) is 8.42 Å². The third kappa shape index (κ3) is 3.51. The van der Waals surface area contributed by atoms with Crippen LogP contribution < -0.4 is 10.1 Å². The lowest BCUT2D eigenvalue weighted by molar-refractivity contribution is 0.410. The molecule has 0 saturated carbocycles. The summed E-state index contributed by atoms with van der Waals surface area (Å²) >= 11 is 0. The molecule has 0 aromatic heterocycles. The molecule has 0 radical (unpaired) electrons. The Labute approximate surface area is 119 Å². The zero-order chi connectivity index (χ0) is 14.6. The molecule has 0 amide bonds. The average molecular weight is 291 g/mol. The standard InChI is InChI=1S/C15H17NO3S/c1-19-15-6-4-3-5-12(15)11-16-13-7-9-14(10-8-13)20(2,17)18/h3-10,16H,11H2,1-2H3. The summed E-state index contributed by atoms with van der Waals surface area (Å²) in [6, 6.07) is 14.5. The summed E-state index contributed by atoms with van der Waals surface area (Å²) in [5.74, 6) is 0.827. The second kappa shape index (κ2) is 5.96. The van der Waals surface area contributed by atoms with Crippen molar-refractivity contribution in [3.63, 3.8) is 0 Å². The average Bonchev–Trinajstić information content (AvgIpc) is 2.45. The first-order chi connectivity index (χ1) is 9.50. The van der Waals surface area contributed by atoms with Gasteiger partial charge in [0, 0.05) is 24.1 Å². The van der Waals surface area contributed by atoms with Crippen molar-refractivity contribution in [3.8, 4) is 5.75 Å². The fraction of sp³-hybridized carbons (Fsp3) is 0.200. The monoisotopic (exact) mass is 291 g/mol. The number of benzene rings is 2. The summed E-state index contributed by atoms with van der Waals surface area (Å²) in [4.78, 5) is 0.320. The SMILES string of the molecule is COc1ccccc1CNc1ccc(S(C)(=O)=O)cc1. The lowest BCUT2D eigenvalue weighted by Gasteiger charge is -2.10. The molecule has 0 aliphatic rings. The summed E-state index contributed by atoms with van der Waals surface area (Å²) < 4.78 is 28.0. The number of sulfone groups is 1. The Morgan fingerprint density at radius 3 is 2.30 bits per heavy atom. The van der Waals surface area contributed by atoms with Crippen LogP contribution in [0.4, 0.5) is 5.69 Å². The number of nitrogens with one attached hydrogen (secondary N) is 1. The highest BCUT2D eigenvalue weighted by atomic mass is 32.2. The summed E-state index contributed by atoms with van der Waals surface area (Å²) in [5.41, 5.74) is 1.91. The van der Waals surface area contributed by atoms with Crippen molar-refractivity contribution < 1.29 is 13.2 Å². The van der Waals surface area contributed by atoms with E-state index in [4.69, 9.17) is 4.74 Å². The minimum atomic E-state index is -3.15. The third-order valence-corrected chi connectivity index (χ3v) is 4.09. The van der Waals surface area contributed by atoms with Crippen molar-refractivity contribution in [1.82, 2.24) is 0 Å². The second-order valence-corrected chi connectivity index (χ2v) is 6.48. The molecule has 20 heavy (non-hydrogen) atoms. The van der Waals surface area contributed by atoms with Gasteiger partial charge in [-0.2, -0.15) is 0 Å². The highest BCUT2D eigenvalue weighted by Gasteiger charge is 2.06. The zero-order valence-electron chi connectivity index (χ0n) is 11.5. The van der Waals surface area contributed by atoms with Crippen molar-refractivity contribution in [2.75, 3.05) is 18.7 Å². The maximum absolute atomic E-state index is 11.4. The first-order valence-corrected chi connectivity index (χ1v) is 8.06. The van der Waals surface area contributed by atoms with Crippen LogP contribution in [0.15, 0.2) is 53.4 Å². The Balaban J connectivity index is 2.08. The molecule has 0 unspecified atom stereocenters. The third-order valence-electron chi connectivity index (χ3n) is 2.96. The summed E-state index contributed by atoms with van der Waals surface area (Å²) in [6.07, 6.45) is 1.20. The highest BCUT2D eigenvalue weighted by molar-refractivity contribution is 7.90. The lowest BCUT2D eigenvalue weighted by atomic mass is 10.2. The van der Waals surface area contributed by atoms with Crippen LogP contribution in [-0.4, -0.2) is 21.8 Å². The normalized spacial score (nSPS) is 11.1. The second-order valence-electron chi connectivity index (χ2n) is 4.46. The summed E-state index contributed by atoms with van der Waals surface area (Å²) in [5, 5.41) is 3.24. The number of para-hydroxylation sites is 1. The Morgan fingerprint density at radius 2 is 1.70 bits per heavy atom. The number of hydrogen-bond acceptors (Lipinski definition) is 4. The molecule has 0 saturated heterocycles. The smallest absolute Gasteiger partial charge is 0.175 e. The minimum Gasteiger partial charge on any atom is -0.496 e. The largest absolute Gasteiger partial charge is 0.496 e. The van der Waals surface area contributed by atoms with Crippen LogP contribution in [0.2, 0.25) is 0 Å². The summed E-state index contributed by atoms with van der Waals surface area (Å²) in [7, 11) is -1.51. The molecule has 0 spiro atoms. The molecule has 2 rings (SSSR count). The van der Waals surface area contributed by atoms with Gasteiger partial charge in [0.1, 0.15) is 5.75 Å². The van der Waals surface area contributed by atoms with Crippen LogP contribution in [-0.2, 0) is 16.4 Å². The lowest BCUT2D eigenvalue weighted by Crippen LogP contribution is -2.02. The van der Waals surface area contributed by atoms with Gasteiger partial charge >= 0.3 is 0 Å². The molecule has 0 aliphatic heterocycles. The molecular formula is C15H17NO3S. The van der Waals surface area contributed by atoms with Gasteiger partial charge in [-0.15, -0.1) is 0 Å². The predicted molar refractivity (Wildman–Crippen MR) is 79.9 cm³/mol. The van der Waals surface area contributed by atoms with E-state index in [0.717, 1.165) is 17.0 Å². The number of anilines is 1. The fourth-order valence-corrected chi connectivity index (χ4v) is 2.50. The van der Waals surface area contributed by atoms with Crippen molar-refractivity contribution >= 4 is 15.5 Å². The van der Waals surface area contributed by atoms with Crippen LogP contribution in [0.25, 0.3) is 0 Å². The Bertz CT molecular complexity index is 679. The first-order valence-electron chi connectivity index (χ1n) is 6.16. The van der Waals surface area contributed by atoms with E-state index in [1.54, 1.807) is 31.4 Å². The number of ether oxygens (including phenoxy) is 1. The topological polar surface area (TPSA) is 55.4 Å². The number of methoxy groups -OCH3 is 1. The quantitative estimate of drug-likeness (QED) is 0.920. The van der Waals surface area contributed by atoms with Crippen LogP contribution >= 0.6 is 0 Å². The predicted octanol–water partition coefficient (Wildman–Crippen LogP) is 2.71. The van der Waals surface area contributed by atoms with E-state index in [2.05, 4.69) is 5.32 Å².